The Morgan fingerprint density at radius 3 is 2.52 bits per heavy atom. The second-order valence-electron chi connectivity index (χ2n) is 4.70. The molecule has 8 heteroatoms. The maximum atomic E-state index is 13.6. The number of fused-ring (bicyclic) bond motifs is 1. The number of aromatic nitrogens is 2. The lowest BCUT2D eigenvalue weighted by molar-refractivity contribution is 0.0695. The van der Waals surface area contributed by atoms with E-state index in [1.165, 1.54) is 28.8 Å². The molecule has 3 aromatic rings. The number of pyridine rings is 2. The molecule has 0 saturated heterocycles. The predicted octanol–water partition coefficient (Wildman–Crippen LogP) is 2.58. The van der Waals surface area contributed by atoms with Gasteiger partial charge in [0.05, 0.1) is 5.39 Å². The highest BCUT2D eigenvalue weighted by Gasteiger charge is 2.18. The van der Waals surface area contributed by atoms with Gasteiger partial charge in [-0.2, -0.15) is 0 Å². The van der Waals surface area contributed by atoms with Crippen molar-refractivity contribution in [1.29, 1.82) is 0 Å². The van der Waals surface area contributed by atoms with Gasteiger partial charge in [0.2, 0.25) is 5.43 Å². The van der Waals surface area contributed by atoms with Crippen LogP contribution in [0.25, 0.3) is 16.7 Å². The molecule has 23 heavy (non-hydrogen) atoms. The van der Waals surface area contributed by atoms with Crippen LogP contribution in [0.15, 0.2) is 41.3 Å². The van der Waals surface area contributed by atoms with Crippen LogP contribution in [0, 0.1) is 5.82 Å². The highest BCUT2D eigenvalue weighted by atomic mass is 35.5. The Morgan fingerprint density at radius 1 is 1.26 bits per heavy atom. The molecule has 0 amide bonds. The van der Waals surface area contributed by atoms with Gasteiger partial charge in [-0.05, 0) is 30.3 Å². The summed E-state index contributed by atoms with van der Waals surface area (Å²) < 4.78 is 14.9. The highest BCUT2D eigenvalue weighted by molar-refractivity contribution is 6.29. The Morgan fingerprint density at radius 2 is 1.91 bits per heavy atom. The molecule has 1 aromatic carbocycles. The molecule has 116 valence electrons. The molecule has 2 aromatic heterocycles. The van der Waals surface area contributed by atoms with Gasteiger partial charge in [0.1, 0.15) is 17.0 Å². The molecule has 2 heterocycles. The summed E-state index contributed by atoms with van der Waals surface area (Å²) >= 11 is 5.67. The average molecular weight is 335 g/mol. The number of carboxylic acids is 1. The number of rotatable bonds is 2. The van der Waals surface area contributed by atoms with Crippen LogP contribution in [0.3, 0.4) is 0 Å². The normalized spacial score (nSPS) is 10.9. The second-order valence-corrected chi connectivity index (χ2v) is 5.05. The lowest BCUT2D eigenvalue weighted by Crippen LogP contribution is -2.19. The van der Waals surface area contributed by atoms with E-state index in [0.717, 1.165) is 12.3 Å². The number of phenolic OH excluding ortho intramolecular Hbond substituents is 1. The minimum Gasteiger partial charge on any atom is -0.508 e. The SMILES string of the molecule is O=C(O)c1cn(-c2ccc(O)cc2)c2nc(Cl)c(F)cc2c1=O. The van der Waals surface area contributed by atoms with Crippen molar-refractivity contribution in [2.75, 3.05) is 0 Å². The molecule has 0 unspecified atom stereocenters. The first kappa shape index (κ1) is 15.0. The number of halogens is 2. The average Bonchev–Trinajstić information content (AvgIpc) is 2.50. The predicted molar refractivity (Wildman–Crippen MR) is 80.9 cm³/mol. The van der Waals surface area contributed by atoms with Crippen molar-refractivity contribution in [2.45, 2.75) is 0 Å². The lowest BCUT2D eigenvalue weighted by Gasteiger charge is -2.12. The van der Waals surface area contributed by atoms with Crippen LogP contribution in [0.4, 0.5) is 4.39 Å². The number of hydrogen-bond donors (Lipinski definition) is 2. The quantitative estimate of drug-likeness (QED) is 0.703. The van der Waals surface area contributed by atoms with Crippen LogP contribution in [-0.2, 0) is 0 Å². The van der Waals surface area contributed by atoms with Crippen molar-refractivity contribution in [2.24, 2.45) is 0 Å². The van der Waals surface area contributed by atoms with Crippen molar-refractivity contribution in [1.82, 2.24) is 9.55 Å². The molecule has 2 N–H and O–H groups in total. The molecule has 3 rings (SSSR count). The Labute approximate surface area is 133 Å². The summed E-state index contributed by atoms with van der Waals surface area (Å²) in [6.45, 7) is 0. The number of phenols is 1. The summed E-state index contributed by atoms with van der Waals surface area (Å²) in [5.74, 6) is -2.36. The van der Waals surface area contributed by atoms with Crippen LogP contribution >= 0.6 is 11.6 Å². The van der Waals surface area contributed by atoms with E-state index in [-0.39, 0.29) is 16.8 Å². The first-order valence-corrected chi connectivity index (χ1v) is 6.70. The molecule has 0 radical (unpaired) electrons. The number of aromatic hydroxyl groups is 1. The topological polar surface area (TPSA) is 92.4 Å². The molecule has 0 spiro atoms. The first-order valence-electron chi connectivity index (χ1n) is 6.32. The zero-order valence-electron chi connectivity index (χ0n) is 11.3. The molecule has 6 nitrogen and oxygen atoms in total. The number of carbonyl (C=O) groups is 1. The Bertz CT molecular complexity index is 999. The largest absolute Gasteiger partial charge is 0.508 e. The van der Waals surface area contributed by atoms with Gasteiger partial charge in [-0.3, -0.25) is 4.79 Å². The molecular formula is C15H8ClFN2O4. The summed E-state index contributed by atoms with van der Waals surface area (Å²) in [6.07, 6.45) is 1.08. The Balaban J connectivity index is 2.46. The van der Waals surface area contributed by atoms with Crippen molar-refractivity contribution >= 4 is 28.6 Å². The zero-order chi connectivity index (χ0) is 16.7. The van der Waals surface area contributed by atoms with Gasteiger partial charge >= 0.3 is 5.97 Å². The van der Waals surface area contributed by atoms with Gasteiger partial charge in [0, 0.05) is 11.9 Å². The van der Waals surface area contributed by atoms with Crippen LogP contribution in [-0.4, -0.2) is 25.7 Å². The van der Waals surface area contributed by atoms with Gasteiger partial charge in [-0.25, -0.2) is 14.2 Å². The fraction of sp³-hybridized carbons (Fsp3) is 0. The maximum absolute atomic E-state index is 13.6. The number of hydrogen-bond acceptors (Lipinski definition) is 4. The molecule has 0 saturated carbocycles. The van der Waals surface area contributed by atoms with E-state index in [4.69, 9.17) is 11.6 Å². The minimum absolute atomic E-state index is 0.00888. The number of benzene rings is 1. The van der Waals surface area contributed by atoms with E-state index in [1.54, 1.807) is 0 Å². The van der Waals surface area contributed by atoms with Crippen LogP contribution < -0.4 is 5.43 Å². The third-order valence-electron chi connectivity index (χ3n) is 3.25. The maximum Gasteiger partial charge on any atom is 0.341 e. The highest BCUT2D eigenvalue weighted by Crippen LogP contribution is 2.22. The van der Waals surface area contributed by atoms with E-state index in [1.807, 2.05) is 0 Å². The van der Waals surface area contributed by atoms with Gasteiger partial charge in [0.15, 0.2) is 11.0 Å². The molecule has 0 aliphatic carbocycles. The smallest absolute Gasteiger partial charge is 0.341 e. The second kappa shape index (κ2) is 5.36. The van der Waals surface area contributed by atoms with Crippen LogP contribution in [0.1, 0.15) is 10.4 Å². The lowest BCUT2D eigenvalue weighted by atomic mass is 10.1. The number of carboxylic acid groups (broad SMARTS) is 1. The zero-order valence-corrected chi connectivity index (χ0v) is 12.1. The molecular weight excluding hydrogens is 327 g/mol. The molecule has 0 aliphatic heterocycles. The van der Waals surface area contributed by atoms with Crippen molar-refractivity contribution in [3.63, 3.8) is 0 Å². The summed E-state index contributed by atoms with van der Waals surface area (Å²) in [5.41, 5.74) is -0.956. The van der Waals surface area contributed by atoms with E-state index in [0.29, 0.717) is 5.69 Å². The summed E-state index contributed by atoms with van der Waals surface area (Å²) in [4.78, 5) is 27.3. The standard InChI is InChI=1S/C15H8ClFN2O4/c16-13-11(17)5-9-12(21)10(15(22)23)6-19(14(9)18-13)7-1-3-8(20)4-2-7/h1-6,20H,(H,22,23). The Hall–Kier alpha value is -2.93. The van der Waals surface area contributed by atoms with Crippen molar-refractivity contribution in [3.8, 4) is 11.4 Å². The van der Waals surface area contributed by atoms with Crippen molar-refractivity contribution in [3.05, 3.63) is 63.3 Å². The first-order chi connectivity index (χ1) is 10.9. The summed E-state index contributed by atoms with van der Waals surface area (Å²) in [5, 5.41) is 17.9. The van der Waals surface area contributed by atoms with Crippen LogP contribution in [0.2, 0.25) is 5.15 Å². The van der Waals surface area contributed by atoms with E-state index < -0.39 is 27.9 Å². The summed E-state index contributed by atoms with van der Waals surface area (Å²) in [7, 11) is 0. The van der Waals surface area contributed by atoms with Crippen molar-refractivity contribution < 1.29 is 19.4 Å². The van der Waals surface area contributed by atoms with Gasteiger partial charge in [0.25, 0.3) is 0 Å². The van der Waals surface area contributed by atoms with E-state index >= 15 is 0 Å². The van der Waals surface area contributed by atoms with Crippen LogP contribution in [0.5, 0.6) is 5.75 Å². The number of nitrogens with zero attached hydrogens (tertiary/aromatic N) is 2. The minimum atomic E-state index is -1.44. The van der Waals surface area contributed by atoms with Gasteiger partial charge in [-0.15, -0.1) is 0 Å². The monoisotopic (exact) mass is 334 g/mol. The molecule has 0 bridgehead atoms. The fourth-order valence-electron chi connectivity index (χ4n) is 2.16. The number of aromatic carboxylic acids is 1. The van der Waals surface area contributed by atoms with Gasteiger partial charge in [-0.1, -0.05) is 11.6 Å². The molecule has 0 fully saturated rings. The fourth-order valence-corrected chi connectivity index (χ4v) is 2.30. The molecule has 0 atom stereocenters. The third-order valence-corrected chi connectivity index (χ3v) is 3.51. The molecule has 0 aliphatic rings. The van der Waals surface area contributed by atoms with Gasteiger partial charge < -0.3 is 14.8 Å². The third kappa shape index (κ3) is 2.51. The van der Waals surface area contributed by atoms with E-state index in [2.05, 4.69) is 4.98 Å². The Kier molecular flexibility index (Phi) is 3.49. The summed E-state index contributed by atoms with van der Waals surface area (Å²) in [6, 6.07) is 6.60. The van der Waals surface area contributed by atoms with E-state index in [9.17, 15) is 24.2 Å².